The maximum atomic E-state index is 13.4. The van der Waals surface area contributed by atoms with Gasteiger partial charge in [-0.05, 0) is 61.6 Å². The van der Waals surface area contributed by atoms with Gasteiger partial charge >= 0.3 is 0 Å². The van der Waals surface area contributed by atoms with Gasteiger partial charge in [0.15, 0.2) is 5.82 Å². The topological polar surface area (TPSA) is 116 Å². The van der Waals surface area contributed by atoms with E-state index >= 15 is 0 Å². The van der Waals surface area contributed by atoms with Crippen LogP contribution < -0.4 is 5.32 Å². The van der Waals surface area contributed by atoms with Crippen LogP contribution in [0.3, 0.4) is 0 Å². The summed E-state index contributed by atoms with van der Waals surface area (Å²) in [5, 5.41) is 24.9. The van der Waals surface area contributed by atoms with E-state index in [4.69, 9.17) is 0 Å². The summed E-state index contributed by atoms with van der Waals surface area (Å²) >= 11 is 4.86. The number of hydrogen-bond acceptors (Lipinski definition) is 9. The molecule has 2 aromatic heterocycles. The molecule has 12 heteroatoms. The molecule has 0 spiro atoms. The Hall–Kier alpha value is -3.48. The molecule has 0 bridgehead atoms. The second-order valence-electron chi connectivity index (χ2n) is 7.73. The molecule has 9 nitrogen and oxygen atoms in total. The highest BCUT2D eigenvalue weighted by molar-refractivity contribution is 9.10. The summed E-state index contributed by atoms with van der Waals surface area (Å²) in [5.41, 5.74) is 3.40. The predicted molar refractivity (Wildman–Crippen MR) is 142 cm³/mol. The minimum absolute atomic E-state index is 0.0781. The van der Waals surface area contributed by atoms with E-state index in [-0.39, 0.29) is 10.7 Å². The number of nitrogens with one attached hydrogen (secondary N) is 1. The van der Waals surface area contributed by atoms with E-state index in [1.54, 1.807) is 29.5 Å². The maximum absolute atomic E-state index is 13.4. The molecule has 182 valence electrons. The van der Waals surface area contributed by atoms with Crippen LogP contribution in [0.1, 0.15) is 17.5 Å². The standard InChI is InChI=1S/C24H20BrN7O2S2/c1-2-22-27-29-24(35-22)26-15-16-11-13-17(14-12-16)18-7-3-4-8-19(18)23-28-30-31-32(23)36(33,34)21-10-6-5-9-20(21)25/h3-14H,2,15H2,1H3,(H,26,29). The Morgan fingerprint density at radius 3 is 2.36 bits per heavy atom. The van der Waals surface area contributed by atoms with Gasteiger partial charge in [0.05, 0.1) is 0 Å². The Morgan fingerprint density at radius 1 is 0.917 bits per heavy atom. The molecule has 0 aliphatic rings. The van der Waals surface area contributed by atoms with Crippen LogP contribution in [0.15, 0.2) is 82.2 Å². The number of benzene rings is 3. The molecule has 0 atom stereocenters. The van der Waals surface area contributed by atoms with E-state index in [9.17, 15) is 8.42 Å². The molecule has 0 saturated heterocycles. The average Bonchev–Trinajstić information content (AvgIpc) is 3.58. The molecule has 36 heavy (non-hydrogen) atoms. The monoisotopic (exact) mass is 581 g/mol. The fraction of sp³-hybridized carbons (Fsp3) is 0.125. The van der Waals surface area contributed by atoms with Crippen molar-refractivity contribution in [2.24, 2.45) is 0 Å². The quantitative estimate of drug-likeness (QED) is 0.271. The van der Waals surface area contributed by atoms with Crippen molar-refractivity contribution in [2.75, 3.05) is 5.32 Å². The summed E-state index contributed by atoms with van der Waals surface area (Å²) in [5.74, 6) is 0.134. The van der Waals surface area contributed by atoms with Crippen molar-refractivity contribution < 1.29 is 8.42 Å². The summed E-state index contributed by atoms with van der Waals surface area (Å²) in [6, 6.07) is 22.0. The number of aromatic nitrogens is 6. The van der Waals surface area contributed by atoms with Crippen LogP contribution in [-0.4, -0.2) is 38.2 Å². The van der Waals surface area contributed by atoms with Gasteiger partial charge < -0.3 is 5.32 Å². The van der Waals surface area contributed by atoms with Gasteiger partial charge in [-0.3, -0.25) is 0 Å². The lowest BCUT2D eigenvalue weighted by Gasteiger charge is -2.12. The van der Waals surface area contributed by atoms with Crippen molar-refractivity contribution in [1.29, 1.82) is 0 Å². The van der Waals surface area contributed by atoms with E-state index in [2.05, 4.69) is 53.9 Å². The number of halogens is 1. The fourth-order valence-electron chi connectivity index (χ4n) is 3.62. The molecule has 0 radical (unpaired) electrons. The van der Waals surface area contributed by atoms with Gasteiger partial charge in [0.2, 0.25) is 5.13 Å². The van der Waals surface area contributed by atoms with Crippen LogP contribution in [0.4, 0.5) is 5.13 Å². The maximum Gasteiger partial charge on any atom is 0.287 e. The molecular formula is C24H20BrN7O2S2. The lowest BCUT2D eigenvalue weighted by Crippen LogP contribution is -2.17. The smallest absolute Gasteiger partial charge is 0.287 e. The Bertz CT molecular complexity index is 1620. The number of tetrazole rings is 1. The third kappa shape index (κ3) is 4.79. The molecular weight excluding hydrogens is 562 g/mol. The second kappa shape index (κ2) is 10.2. The first-order chi connectivity index (χ1) is 17.5. The van der Waals surface area contributed by atoms with Crippen molar-refractivity contribution >= 4 is 42.4 Å². The van der Waals surface area contributed by atoms with Crippen LogP contribution in [0.5, 0.6) is 0 Å². The highest BCUT2D eigenvalue weighted by Gasteiger charge is 2.27. The summed E-state index contributed by atoms with van der Waals surface area (Å²) in [6.07, 6.45) is 0.862. The highest BCUT2D eigenvalue weighted by atomic mass is 79.9. The van der Waals surface area contributed by atoms with E-state index in [0.29, 0.717) is 16.6 Å². The van der Waals surface area contributed by atoms with E-state index < -0.39 is 10.0 Å². The number of aryl methyl sites for hydroxylation is 1. The van der Waals surface area contributed by atoms with Crippen molar-refractivity contribution in [3.63, 3.8) is 0 Å². The molecule has 0 saturated carbocycles. The molecule has 0 aliphatic heterocycles. The largest absolute Gasteiger partial charge is 0.356 e. The van der Waals surface area contributed by atoms with Crippen molar-refractivity contribution in [2.45, 2.75) is 24.8 Å². The number of rotatable bonds is 8. The van der Waals surface area contributed by atoms with Crippen LogP contribution in [-0.2, 0) is 23.0 Å². The minimum Gasteiger partial charge on any atom is -0.356 e. The zero-order valence-electron chi connectivity index (χ0n) is 19.0. The Balaban J connectivity index is 1.45. The van der Waals surface area contributed by atoms with Crippen molar-refractivity contribution in [1.82, 2.24) is 29.8 Å². The van der Waals surface area contributed by atoms with Crippen LogP contribution in [0.2, 0.25) is 0 Å². The molecule has 0 unspecified atom stereocenters. The van der Waals surface area contributed by atoms with Crippen molar-refractivity contribution in [3.8, 4) is 22.5 Å². The molecule has 0 aliphatic carbocycles. The second-order valence-corrected chi connectivity index (χ2v) is 11.4. The third-order valence-corrected chi connectivity index (χ3v) is 9.02. The van der Waals surface area contributed by atoms with Gasteiger partial charge in [0, 0.05) is 16.6 Å². The van der Waals surface area contributed by atoms with Crippen LogP contribution in [0, 0.1) is 0 Å². The average molecular weight is 583 g/mol. The molecule has 5 aromatic rings. The first kappa shape index (κ1) is 24.2. The Morgan fingerprint density at radius 2 is 1.64 bits per heavy atom. The SMILES string of the molecule is CCc1nnc(NCc2ccc(-c3ccccc3-c3nnnn3S(=O)(=O)c3ccccc3Br)cc2)s1. The molecule has 3 aromatic carbocycles. The molecule has 2 heterocycles. The van der Waals surface area contributed by atoms with Gasteiger partial charge in [-0.15, -0.1) is 19.4 Å². The summed E-state index contributed by atoms with van der Waals surface area (Å²) in [7, 11) is -4.03. The van der Waals surface area contributed by atoms with E-state index in [0.717, 1.165) is 37.3 Å². The lowest BCUT2D eigenvalue weighted by molar-refractivity contribution is 0.577. The molecule has 5 rings (SSSR count). The number of anilines is 1. The first-order valence-electron chi connectivity index (χ1n) is 11.0. The highest BCUT2D eigenvalue weighted by Crippen LogP contribution is 2.33. The minimum atomic E-state index is -4.03. The summed E-state index contributed by atoms with van der Waals surface area (Å²) in [4.78, 5) is 0.0781. The summed E-state index contributed by atoms with van der Waals surface area (Å²) < 4.78 is 28.1. The van der Waals surface area contributed by atoms with Crippen LogP contribution >= 0.6 is 27.3 Å². The normalized spacial score (nSPS) is 11.5. The molecule has 1 N–H and O–H groups in total. The third-order valence-electron chi connectivity index (χ3n) is 5.43. The number of hydrogen-bond donors (Lipinski definition) is 1. The summed E-state index contributed by atoms with van der Waals surface area (Å²) in [6.45, 7) is 2.66. The van der Waals surface area contributed by atoms with Gasteiger partial charge in [0.1, 0.15) is 9.90 Å². The Labute approximate surface area is 220 Å². The van der Waals surface area contributed by atoms with E-state index in [1.807, 2.05) is 48.5 Å². The van der Waals surface area contributed by atoms with Gasteiger partial charge in [-0.25, -0.2) is 0 Å². The first-order valence-corrected chi connectivity index (χ1v) is 14.1. The zero-order valence-corrected chi connectivity index (χ0v) is 22.3. The van der Waals surface area contributed by atoms with Gasteiger partial charge in [-0.1, -0.05) is 78.9 Å². The zero-order chi connectivity index (χ0) is 25.1. The van der Waals surface area contributed by atoms with Gasteiger partial charge in [0.25, 0.3) is 10.0 Å². The van der Waals surface area contributed by atoms with Gasteiger partial charge in [-0.2, -0.15) is 8.42 Å². The Kier molecular flexibility index (Phi) is 6.90. The predicted octanol–water partition coefficient (Wildman–Crippen LogP) is 5.03. The molecule has 0 amide bonds. The fourth-order valence-corrected chi connectivity index (χ4v) is 6.44. The molecule has 0 fully saturated rings. The van der Waals surface area contributed by atoms with Crippen LogP contribution in [0.25, 0.3) is 22.5 Å². The number of nitrogens with zero attached hydrogens (tertiary/aromatic N) is 6. The van der Waals surface area contributed by atoms with E-state index in [1.165, 1.54) is 6.07 Å². The lowest BCUT2D eigenvalue weighted by atomic mass is 9.98. The van der Waals surface area contributed by atoms with Crippen molar-refractivity contribution in [3.05, 3.63) is 87.8 Å².